The monoisotopic (exact) mass is 504 g/mol. The summed E-state index contributed by atoms with van der Waals surface area (Å²) in [4.78, 5) is 16.0. The maximum Gasteiger partial charge on any atom is 0.191 e. The topological polar surface area (TPSA) is 61.9 Å². The third-order valence-electron chi connectivity index (χ3n) is 8.19. The maximum absolute atomic E-state index is 12.6. The third kappa shape index (κ3) is 5.25. The van der Waals surface area contributed by atoms with Gasteiger partial charge in [-0.25, -0.2) is 0 Å². The first-order chi connectivity index (χ1) is 18.7. The van der Waals surface area contributed by atoms with Gasteiger partial charge in [0.1, 0.15) is 5.82 Å². The second-order valence-electron chi connectivity index (χ2n) is 10.9. The smallest absolute Gasteiger partial charge is 0.191 e. The number of aromatic amines is 1. The number of para-hydroxylation sites is 2. The number of nitrogens with one attached hydrogen (secondary N) is 3. The molecule has 0 aliphatic heterocycles. The predicted octanol–water partition coefficient (Wildman–Crippen LogP) is 6.68. The van der Waals surface area contributed by atoms with Gasteiger partial charge >= 0.3 is 0 Å². The Morgan fingerprint density at radius 1 is 0.816 bits per heavy atom. The molecule has 3 aromatic carbocycles. The van der Waals surface area contributed by atoms with Crippen molar-refractivity contribution in [1.29, 1.82) is 0 Å². The zero-order chi connectivity index (χ0) is 25.8. The highest BCUT2D eigenvalue weighted by molar-refractivity contribution is 5.84. The number of pyridine rings is 1. The molecule has 1 aliphatic carbocycles. The van der Waals surface area contributed by atoms with Crippen LogP contribution in [-0.4, -0.2) is 22.6 Å². The van der Waals surface area contributed by atoms with E-state index in [9.17, 15) is 4.79 Å². The minimum Gasteiger partial charge on any atom is -0.371 e. The van der Waals surface area contributed by atoms with E-state index in [1.54, 1.807) is 6.07 Å². The fourth-order valence-electron chi connectivity index (χ4n) is 6.13. The van der Waals surface area contributed by atoms with Crippen LogP contribution >= 0.6 is 0 Å². The molecule has 194 valence electrons. The number of hydrogen-bond donors (Lipinski definition) is 3. The van der Waals surface area contributed by atoms with Gasteiger partial charge in [-0.2, -0.15) is 0 Å². The molecule has 0 amide bonds. The standard InChI is InChI=1S/C33H36N4O/c38-31-19-32(36-29-15-7-5-14-28(29)31)35-24-33(17-9-2-10-18-33)23-34-20-26-22-37(21-25-11-3-1-4-12-25)30-16-8-6-13-27(26)30/h1,3-8,11-16,19,22,34H,2,9-10,17-18,20-21,23-24H2,(H2,35,36,38). The Labute approximate surface area is 223 Å². The van der Waals surface area contributed by atoms with Crippen molar-refractivity contribution in [3.63, 3.8) is 0 Å². The van der Waals surface area contributed by atoms with Crippen LogP contribution in [0.3, 0.4) is 0 Å². The Hall–Kier alpha value is -3.83. The molecule has 6 rings (SSSR count). The minimum absolute atomic E-state index is 0.0598. The zero-order valence-electron chi connectivity index (χ0n) is 21.9. The van der Waals surface area contributed by atoms with E-state index in [1.165, 1.54) is 54.1 Å². The molecule has 1 saturated carbocycles. The molecule has 0 spiro atoms. The molecule has 5 nitrogen and oxygen atoms in total. The molecule has 2 aromatic heterocycles. The van der Waals surface area contributed by atoms with Crippen LogP contribution in [0.25, 0.3) is 21.8 Å². The largest absolute Gasteiger partial charge is 0.371 e. The van der Waals surface area contributed by atoms with Crippen LogP contribution in [0, 0.1) is 5.41 Å². The Kier molecular flexibility index (Phi) is 7.02. The van der Waals surface area contributed by atoms with Gasteiger partial charge in [-0.05, 0) is 42.2 Å². The molecule has 0 unspecified atom stereocenters. The molecule has 1 aliphatic rings. The summed E-state index contributed by atoms with van der Waals surface area (Å²) in [5, 5.41) is 9.49. The number of nitrogens with zero attached hydrogens (tertiary/aromatic N) is 1. The Bertz CT molecular complexity index is 1580. The second kappa shape index (κ2) is 10.9. The first kappa shape index (κ1) is 24.5. The summed E-state index contributed by atoms with van der Waals surface area (Å²) in [6.45, 7) is 3.52. The number of H-pyrrole nitrogens is 1. The lowest BCUT2D eigenvalue weighted by molar-refractivity contribution is 0.197. The quantitative estimate of drug-likeness (QED) is 0.210. The number of aromatic nitrogens is 2. The van der Waals surface area contributed by atoms with E-state index < -0.39 is 0 Å². The van der Waals surface area contributed by atoms with Crippen LogP contribution in [0.5, 0.6) is 0 Å². The maximum atomic E-state index is 12.6. The summed E-state index contributed by atoms with van der Waals surface area (Å²) in [5.41, 5.74) is 5.04. The average molecular weight is 505 g/mol. The van der Waals surface area contributed by atoms with Gasteiger partial charge in [-0.1, -0.05) is 79.9 Å². The fourth-order valence-corrected chi connectivity index (χ4v) is 6.13. The Balaban J connectivity index is 1.16. The molecule has 0 atom stereocenters. The second-order valence-corrected chi connectivity index (χ2v) is 10.9. The first-order valence-corrected chi connectivity index (χ1v) is 13.9. The van der Waals surface area contributed by atoms with Crippen molar-refractivity contribution in [3.05, 3.63) is 112 Å². The fraction of sp³-hybridized carbons (Fsp3) is 0.303. The molecule has 38 heavy (non-hydrogen) atoms. The lowest BCUT2D eigenvalue weighted by Gasteiger charge is -2.38. The van der Waals surface area contributed by atoms with Gasteiger partial charge in [0.2, 0.25) is 0 Å². The summed E-state index contributed by atoms with van der Waals surface area (Å²) >= 11 is 0. The van der Waals surface area contributed by atoms with E-state index in [2.05, 4.69) is 81.0 Å². The highest BCUT2D eigenvalue weighted by Crippen LogP contribution is 2.36. The normalized spacial score (nSPS) is 15.2. The Morgan fingerprint density at radius 3 is 2.39 bits per heavy atom. The highest BCUT2D eigenvalue weighted by Gasteiger charge is 2.31. The molecule has 5 aromatic rings. The molecule has 0 radical (unpaired) electrons. The van der Waals surface area contributed by atoms with Crippen molar-refractivity contribution >= 4 is 27.6 Å². The van der Waals surface area contributed by atoms with Gasteiger partial charge in [-0.15, -0.1) is 0 Å². The number of rotatable bonds is 9. The molecule has 0 bridgehead atoms. The van der Waals surface area contributed by atoms with E-state index in [4.69, 9.17) is 0 Å². The van der Waals surface area contributed by atoms with E-state index in [0.717, 1.165) is 42.9 Å². The van der Waals surface area contributed by atoms with Crippen LogP contribution in [0.15, 0.2) is 95.9 Å². The summed E-state index contributed by atoms with van der Waals surface area (Å²) < 4.78 is 2.37. The summed E-state index contributed by atoms with van der Waals surface area (Å²) in [5.74, 6) is 0.808. The Morgan fingerprint density at radius 2 is 1.55 bits per heavy atom. The van der Waals surface area contributed by atoms with Crippen LogP contribution in [-0.2, 0) is 13.1 Å². The van der Waals surface area contributed by atoms with Gasteiger partial charge in [0.15, 0.2) is 5.43 Å². The van der Waals surface area contributed by atoms with Crippen molar-refractivity contribution < 1.29 is 0 Å². The van der Waals surface area contributed by atoms with Crippen LogP contribution in [0.4, 0.5) is 5.82 Å². The van der Waals surface area contributed by atoms with Gasteiger partial charge in [-0.3, -0.25) is 4.79 Å². The van der Waals surface area contributed by atoms with Crippen molar-refractivity contribution in [1.82, 2.24) is 14.9 Å². The molecule has 0 saturated heterocycles. The number of benzene rings is 3. The van der Waals surface area contributed by atoms with Crippen LogP contribution in [0.1, 0.15) is 43.2 Å². The molecule has 5 heteroatoms. The molecule has 2 heterocycles. The number of anilines is 1. The van der Waals surface area contributed by atoms with Gasteiger partial charge in [0.25, 0.3) is 0 Å². The van der Waals surface area contributed by atoms with Crippen LogP contribution in [0.2, 0.25) is 0 Å². The van der Waals surface area contributed by atoms with E-state index >= 15 is 0 Å². The van der Waals surface area contributed by atoms with Crippen molar-refractivity contribution in [3.8, 4) is 0 Å². The van der Waals surface area contributed by atoms with Crippen molar-refractivity contribution in [2.75, 3.05) is 18.4 Å². The minimum atomic E-state index is 0.0598. The molecular weight excluding hydrogens is 468 g/mol. The lowest BCUT2D eigenvalue weighted by Crippen LogP contribution is -2.41. The van der Waals surface area contributed by atoms with Gasteiger partial charge in [0, 0.05) is 60.1 Å². The highest BCUT2D eigenvalue weighted by atomic mass is 16.1. The van der Waals surface area contributed by atoms with E-state index in [1.807, 2.05) is 24.3 Å². The average Bonchev–Trinajstić information content (AvgIpc) is 3.30. The number of fused-ring (bicyclic) bond motifs is 2. The molecule has 1 fully saturated rings. The summed E-state index contributed by atoms with van der Waals surface area (Å²) in [6.07, 6.45) is 8.53. The van der Waals surface area contributed by atoms with Crippen molar-refractivity contribution in [2.24, 2.45) is 5.41 Å². The van der Waals surface area contributed by atoms with Crippen LogP contribution < -0.4 is 16.1 Å². The zero-order valence-corrected chi connectivity index (χ0v) is 21.9. The van der Waals surface area contributed by atoms with Crippen molar-refractivity contribution in [2.45, 2.75) is 45.2 Å². The molecular formula is C33H36N4O. The first-order valence-electron chi connectivity index (χ1n) is 13.9. The SMILES string of the molecule is O=c1cc(NCC2(CNCc3cn(Cc4ccccc4)c4ccccc34)CCCCC2)[nH]c2ccccc12. The summed E-state index contributed by atoms with van der Waals surface area (Å²) in [6, 6.07) is 28.8. The van der Waals surface area contributed by atoms with E-state index in [0.29, 0.717) is 0 Å². The van der Waals surface area contributed by atoms with Gasteiger partial charge in [0.05, 0.1) is 5.52 Å². The van der Waals surface area contributed by atoms with Gasteiger partial charge < -0.3 is 20.2 Å². The van der Waals surface area contributed by atoms with E-state index in [-0.39, 0.29) is 10.8 Å². The third-order valence-corrected chi connectivity index (χ3v) is 8.19. The predicted molar refractivity (Wildman–Crippen MR) is 158 cm³/mol. The number of hydrogen-bond acceptors (Lipinski definition) is 3. The molecule has 3 N–H and O–H groups in total. The summed E-state index contributed by atoms with van der Waals surface area (Å²) in [7, 11) is 0. The lowest BCUT2D eigenvalue weighted by atomic mass is 9.74.